The molecule has 0 spiro atoms. The molecule has 1 aliphatic carbocycles. The Labute approximate surface area is 122 Å². The van der Waals surface area contributed by atoms with Crippen molar-refractivity contribution in [3.63, 3.8) is 0 Å². The number of aromatic nitrogens is 3. The average molecular weight is 286 g/mol. The molecule has 6 heteroatoms. The summed E-state index contributed by atoms with van der Waals surface area (Å²) in [6.45, 7) is 1.52. The topological polar surface area (TPSA) is 64.2 Å². The summed E-state index contributed by atoms with van der Waals surface area (Å²) in [5, 5.41) is 7.83. The van der Waals surface area contributed by atoms with Crippen LogP contribution in [0.15, 0.2) is 29.1 Å². The van der Waals surface area contributed by atoms with Crippen molar-refractivity contribution < 1.29 is 9.21 Å². The Balaban J connectivity index is 1.53. The molecule has 1 saturated heterocycles. The highest BCUT2D eigenvalue weighted by Crippen LogP contribution is 2.42. The lowest BCUT2D eigenvalue weighted by Gasteiger charge is -2.24. The first kappa shape index (κ1) is 12.6. The van der Waals surface area contributed by atoms with Gasteiger partial charge in [0.15, 0.2) is 0 Å². The van der Waals surface area contributed by atoms with Crippen LogP contribution in [0.25, 0.3) is 0 Å². The lowest BCUT2D eigenvalue weighted by molar-refractivity contribution is 0.0719. The highest BCUT2D eigenvalue weighted by Gasteiger charge is 2.36. The molecule has 1 aliphatic heterocycles. The second kappa shape index (κ2) is 5.02. The zero-order valence-electron chi connectivity index (χ0n) is 11.8. The molecule has 0 unspecified atom stereocenters. The zero-order chi connectivity index (χ0) is 14.2. The van der Waals surface area contributed by atoms with Gasteiger partial charge in [0.2, 0.25) is 0 Å². The van der Waals surface area contributed by atoms with E-state index in [0.29, 0.717) is 12.5 Å². The number of carbonyl (C=O) groups excluding carboxylic acids is 1. The lowest BCUT2D eigenvalue weighted by Crippen LogP contribution is -2.38. The number of nitrogens with zero attached hydrogens (tertiary/aromatic N) is 4. The summed E-state index contributed by atoms with van der Waals surface area (Å²) in [4.78, 5) is 14.8. The summed E-state index contributed by atoms with van der Waals surface area (Å²) in [7, 11) is 0. The molecule has 2 aromatic rings. The first-order valence-corrected chi connectivity index (χ1v) is 7.55. The van der Waals surface area contributed by atoms with Gasteiger partial charge < -0.3 is 9.32 Å². The minimum absolute atomic E-state index is 0.105. The quantitative estimate of drug-likeness (QED) is 0.863. The second-order valence-corrected chi connectivity index (χ2v) is 5.89. The van der Waals surface area contributed by atoms with Crippen molar-refractivity contribution in [1.82, 2.24) is 19.9 Å². The summed E-state index contributed by atoms with van der Waals surface area (Å²) >= 11 is 0. The summed E-state index contributed by atoms with van der Waals surface area (Å²) in [5.41, 5.74) is 0.753. The third kappa shape index (κ3) is 2.34. The Kier molecular flexibility index (Phi) is 3.02. The fourth-order valence-electron chi connectivity index (χ4n) is 3.15. The van der Waals surface area contributed by atoms with Crippen LogP contribution in [0.1, 0.15) is 47.7 Å². The highest BCUT2D eigenvalue weighted by molar-refractivity contribution is 5.95. The number of carbonyl (C=O) groups is 1. The molecule has 0 bridgehead atoms. The van der Waals surface area contributed by atoms with Gasteiger partial charge in [0.1, 0.15) is 5.76 Å². The van der Waals surface area contributed by atoms with Gasteiger partial charge in [-0.1, -0.05) is 5.21 Å². The SMILES string of the molecule is O=C(c1ccoc1C1CC1)N1CCC[C@H]1Cn1ccnn1. The third-order valence-electron chi connectivity index (χ3n) is 4.38. The molecule has 2 fully saturated rings. The summed E-state index contributed by atoms with van der Waals surface area (Å²) in [6.07, 6.45) is 9.48. The minimum atomic E-state index is 0.105. The number of hydrogen-bond acceptors (Lipinski definition) is 4. The van der Waals surface area contributed by atoms with Crippen LogP contribution in [-0.4, -0.2) is 38.4 Å². The van der Waals surface area contributed by atoms with Gasteiger partial charge >= 0.3 is 0 Å². The van der Waals surface area contributed by atoms with Crippen LogP contribution in [0.4, 0.5) is 0 Å². The van der Waals surface area contributed by atoms with Crippen molar-refractivity contribution in [2.45, 2.75) is 44.2 Å². The van der Waals surface area contributed by atoms with Crippen LogP contribution in [0.5, 0.6) is 0 Å². The molecule has 0 N–H and O–H groups in total. The predicted molar refractivity (Wildman–Crippen MR) is 74.8 cm³/mol. The van der Waals surface area contributed by atoms with Crippen molar-refractivity contribution in [3.05, 3.63) is 36.0 Å². The van der Waals surface area contributed by atoms with E-state index in [4.69, 9.17) is 4.42 Å². The molecule has 1 amide bonds. The Morgan fingerprint density at radius 1 is 1.38 bits per heavy atom. The van der Waals surface area contributed by atoms with E-state index >= 15 is 0 Å². The Hall–Kier alpha value is -2.11. The number of amides is 1. The molecular weight excluding hydrogens is 268 g/mol. The maximum Gasteiger partial charge on any atom is 0.257 e. The Morgan fingerprint density at radius 2 is 2.29 bits per heavy atom. The molecule has 110 valence electrons. The molecule has 2 aromatic heterocycles. The zero-order valence-corrected chi connectivity index (χ0v) is 11.8. The molecule has 4 rings (SSSR count). The second-order valence-electron chi connectivity index (χ2n) is 5.89. The van der Waals surface area contributed by atoms with Crippen LogP contribution in [0.2, 0.25) is 0 Å². The van der Waals surface area contributed by atoms with Gasteiger partial charge in [0.05, 0.1) is 30.6 Å². The van der Waals surface area contributed by atoms with Crippen LogP contribution in [0.3, 0.4) is 0 Å². The van der Waals surface area contributed by atoms with Crippen molar-refractivity contribution in [2.24, 2.45) is 0 Å². The number of rotatable bonds is 4. The minimum Gasteiger partial charge on any atom is -0.468 e. The highest BCUT2D eigenvalue weighted by atomic mass is 16.3. The van der Waals surface area contributed by atoms with Gasteiger partial charge in [0, 0.05) is 18.7 Å². The number of furan rings is 1. The van der Waals surface area contributed by atoms with E-state index < -0.39 is 0 Å². The first-order valence-electron chi connectivity index (χ1n) is 7.55. The van der Waals surface area contributed by atoms with E-state index in [2.05, 4.69) is 10.3 Å². The normalized spacial score (nSPS) is 21.9. The molecule has 0 aromatic carbocycles. The van der Waals surface area contributed by atoms with Gasteiger partial charge in [-0.05, 0) is 31.7 Å². The van der Waals surface area contributed by atoms with Gasteiger partial charge in [-0.2, -0.15) is 0 Å². The van der Waals surface area contributed by atoms with Crippen molar-refractivity contribution in [1.29, 1.82) is 0 Å². The molecule has 3 heterocycles. The molecule has 6 nitrogen and oxygen atoms in total. The van der Waals surface area contributed by atoms with Crippen molar-refractivity contribution >= 4 is 5.91 Å². The van der Waals surface area contributed by atoms with Gasteiger partial charge in [-0.25, -0.2) is 0 Å². The Morgan fingerprint density at radius 3 is 3.05 bits per heavy atom. The molecule has 21 heavy (non-hydrogen) atoms. The van der Waals surface area contributed by atoms with Gasteiger partial charge in [-0.15, -0.1) is 5.10 Å². The summed E-state index contributed by atoms with van der Waals surface area (Å²) in [6, 6.07) is 2.02. The van der Waals surface area contributed by atoms with Gasteiger partial charge in [-0.3, -0.25) is 9.48 Å². The Bertz CT molecular complexity index is 630. The smallest absolute Gasteiger partial charge is 0.257 e. The van der Waals surface area contributed by atoms with Crippen LogP contribution < -0.4 is 0 Å². The number of hydrogen-bond donors (Lipinski definition) is 0. The molecule has 2 aliphatic rings. The van der Waals surface area contributed by atoms with E-state index in [9.17, 15) is 4.79 Å². The molecular formula is C15H18N4O2. The first-order chi connectivity index (χ1) is 10.3. The van der Waals surface area contributed by atoms with E-state index in [1.54, 1.807) is 17.1 Å². The third-order valence-corrected chi connectivity index (χ3v) is 4.38. The number of likely N-dealkylation sites (tertiary alicyclic amines) is 1. The van der Waals surface area contributed by atoms with E-state index in [1.807, 2.05) is 17.2 Å². The van der Waals surface area contributed by atoms with Crippen molar-refractivity contribution in [2.75, 3.05) is 6.54 Å². The summed E-state index contributed by atoms with van der Waals surface area (Å²) < 4.78 is 7.33. The van der Waals surface area contributed by atoms with Crippen molar-refractivity contribution in [3.8, 4) is 0 Å². The van der Waals surface area contributed by atoms with Crippen LogP contribution >= 0.6 is 0 Å². The van der Waals surface area contributed by atoms with Gasteiger partial charge in [0.25, 0.3) is 5.91 Å². The van der Waals surface area contributed by atoms with E-state index in [-0.39, 0.29) is 11.9 Å². The maximum atomic E-state index is 12.8. The largest absolute Gasteiger partial charge is 0.468 e. The lowest BCUT2D eigenvalue weighted by atomic mass is 10.1. The molecule has 0 radical (unpaired) electrons. The monoisotopic (exact) mass is 286 g/mol. The fraction of sp³-hybridized carbons (Fsp3) is 0.533. The van der Waals surface area contributed by atoms with E-state index in [0.717, 1.165) is 43.6 Å². The van der Waals surface area contributed by atoms with Crippen LogP contribution in [0, 0.1) is 0 Å². The molecule has 1 saturated carbocycles. The van der Waals surface area contributed by atoms with Crippen LogP contribution in [-0.2, 0) is 6.54 Å². The average Bonchev–Trinajstić information content (AvgIpc) is 2.96. The maximum absolute atomic E-state index is 12.8. The fourth-order valence-corrected chi connectivity index (χ4v) is 3.15. The molecule has 1 atom stereocenters. The summed E-state index contributed by atoms with van der Waals surface area (Å²) in [5.74, 6) is 1.44. The van der Waals surface area contributed by atoms with E-state index in [1.165, 1.54) is 0 Å². The standard InChI is InChI=1S/C15H18N4O2/c20-15(13-5-9-21-14(13)11-3-4-11)19-7-1-2-12(19)10-18-8-6-16-17-18/h5-6,8-9,11-12H,1-4,7,10H2/t12-/m0/s1. The predicted octanol–water partition coefficient (Wildman–Crippen LogP) is 2.05.